The minimum Gasteiger partial charge on any atom is -0.349 e. The molecule has 1 N–H and O–H groups in total. The first kappa shape index (κ1) is 22.2. The monoisotopic (exact) mass is 413 g/mol. The van der Waals surface area contributed by atoms with Crippen LogP contribution in [0.4, 0.5) is 4.39 Å². The van der Waals surface area contributed by atoms with Gasteiger partial charge in [0.2, 0.25) is 0 Å². The van der Waals surface area contributed by atoms with Gasteiger partial charge in [0.1, 0.15) is 11.4 Å². The second-order valence-corrected chi connectivity index (χ2v) is 8.71. The molecular weight excluding hydrogens is 381 g/mol. The zero-order chi connectivity index (χ0) is 21.7. The molecule has 2 aromatic rings. The van der Waals surface area contributed by atoms with Gasteiger partial charge in [0.05, 0.1) is 0 Å². The second kappa shape index (κ2) is 10.0. The maximum Gasteiger partial charge on any atom is 0.263 e. The molecule has 1 aliphatic heterocycles. The van der Waals surface area contributed by atoms with Crippen LogP contribution in [0.25, 0.3) is 0 Å². The van der Waals surface area contributed by atoms with Crippen LogP contribution in [0.2, 0.25) is 0 Å². The van der Waals surface area contributed by atoms with Gasteiger partial charge in [0, 0.05) is 38.4 Å². The number of piperidine rings is 1. The van der Waals surface area contributed by atoms with Gasteiger partial charge in [-0.1, -0.05) is 26.0 Å². The molecule has 1 aromatic heterocycles. The van der Waals surface area contributed by atoms with Crippen molar-refractivity contribution in [1.29, 1.82) is 0 Å². The quantitative estimate of drug-likeness (QED) is 0.752. The molecule has 1 aliphatic rings. The number of halogens is 1. The third-order valence-electron chi connectivity index (χ3n) is 5.79. The van der Waals surface area contributed by atoms with E-state index in [1.807, 2.05) is 25.1 Å². The first-order valence-corrected chi connectivity index (χ1v) is 10.8. The molecule has 1 fully saturated rings. The summed E-state index contributed by atoms with van der Waals surface area (Å²) in [6, 6.07) is 8.50. The summed E-state index contributed by atoms with van der Waals surface area (Å²) in [6.07, 6.45) is 4.35. The molecule has 6 heteroatoms. The van der Waals surface area contributed by atoms with Gasteiger partial charge in [-0.2, -0.15) is 0 Å². The summed E-state index contributed by atoms with van der Waals surface area (Å²) in [6.45, 7) is 9.17. The Balaban J connectivity index is 1.57. The van der Waals surface area contributed by atoms with Gasteiger partial charge in [-0.15, -0.1) is 0 Å². The Bertz CT molecular complexity index is 913. The number of aryl methyl sites for hydroxylation is 2. The molecule has 1 saturated heterocycles. The normalized spacial score (nSPS) is 15.5. The van der Waals surface area contributed by atoms with E-state index in [2.05, 4.69) is 24.1 Å². The molecule has 1 aromatic carbocycles. The van der Waals surface area contributed by atoms with E-state index in [0.29, 0.717) is 18.0 Å². The number of aromatic nitrogens is 1. The number of hydrogen-bond acceptors (Lipinski definition) is 3. The molecule has 0 aliphatic carbocycles. The van der Waals surface area contributed by atoms with Gasteiger partial charge in [-0.05, 0) is 61.4 Å². The number of rotatable bonds is 7. The number of hydrogen-bond donors (Lipinski definition) is 1. The van der Waals surface area contributed by atoms with E-state index in [1.165, 1.54) is 12.1 Å². The van der Waals surface area contributed by atoms with Gasteiger partial charge in [0.25, 0.3) is 11.5 Å². The summed E-state index contributed by atoms with van der Waals surface area (Å²) in [5.74, 6) is 0.00333. The number of carbonyl (C=O) groups is 1. The Morgan fingerprint density at radius 2 is 1.83 bits per heavy atom. The van der Waals surface area contributed by atoms with E-state index in [4.69, 9.17) is 0 Å². The van der Waals surface area contributed by atoms with Crippen molar-refractivity contribution in [2.45, 2.75) is 59.2 Å². The molecular formula is C24H32FN3O2. The molecule has 1 amide bonds. The highest BCUT2D eigenvalue weighted by atomic mass is 19.1. The van der Waals surface area contributed by atoms with Gasteiger partial charge >= 0.3 is 0 Å². The zero-order valence-corrected chi connectivity index (χ0v) is 18.2. The van der Waals surface area contributed by atoms with Gasteiger partial charge in [-0.3, -0.25) is 14.5 Å². The molecule has 5 nitrogen and oxygen atoms in total. The summed E-state index contributed by atoms with van der Waals surface area (Å²) >= 11 is 0. The lowest BCUT2D eigenvalue weighted by molar-refractivity contribution is 0.0906. The highest BCUT2D eigenvalue weighted by molar-refractivity contribution is 5.95. The lowest BCUT2D eigenvalue weighted by Gasteiger charge is -2.32. The van der Waals surface area contributed by atoms with E-state index >= 15 is 0 Å². The van der Waals surface area contributed by atoms with Crippen LogP contribution < -0.4 is 10.9 Å². The van der Waals surface area contributed by atoms with E-state index in [0.717, 1.165) is 44.5 Å². The van der Waals surface area contributed by atoms with Crippen molar-refractivity contribution in [1.82, 2.24) is 14.8 Å². The van der Waals surface area contributed by atoms with E-state index in [1.54, 1.807) is 10.8 Å². The lowest BCUT2D eigenvalue weighted by Crippen LogP contribution is -2.46. The summed E-state index contributed by atoms with van der Waals surface area (Å²) in [5, 5.41) is 3.07. The molecule has 162 valence electrons. The second-order valence-electron chi connectivity index (χ2n) is 8.71. The standard InChI is InChI=1S/C24H32FN3O2/c1-17(2)8-14-28-15-9-18(3)22(24(28)30)23(29)26-21-10-12-27(13-11-21)16-19-4-6-20(25)7-5-19/h4-7,9,15,17,21H,8,10-14,16H2,1-3H3,(H,26,29). The fourth-order valence-corrected chi connectivity index (χ4v) is 3.86. The first-order valence-electron chi connectivity index (χ1n) is 10.8. The summed E-state index contributed by atoms with van der Waals surface area (Å²) < 4.78 is 14.7. The lowest BCUT2D eigenvalue weighted by atomic mass is 10.0. The Morgan fingerprint density at radius 3 is 2.47 bits per heavy atom. The summed E-state index contributed by atoms with van der Waals surface area (Å²) in [7, 11) is 0. The average molecular weight is 414 g/mol. The number of carbonyl (C=O) groups excluding carboxylic acids is 1. The molecule has 0 radical (unpaired) electrons. The molecule has 0 atom stereocenters. The molecule has 3 rings (SSSR count). The topological polar surface area (TPSA) is 54.3 Å². The number of likely N-dealkylation sites (tertiary alicyclic amines) is 1. The van der Waals surface area contributed by atoms with Crippen LogP contribution in [0, 0.1) is 18.7 Å². The van der Waals surface area contributed by atoms with Crippen molar-refractivity contribution in [2.75, 3.05) is 13.1 Å². The number of benzene rings is 1. The van der Waals surface area contributed by atoms with E-state index in [-0.39, 0.29) is 28.9 Å². The SMILES string of the molecule is Cc1ccn(CCC(C)C)c(=O)c1C(=O)NC1CCN(Cc2ccc(F)cc2)CC1. The molecule has 0 saturated carbocycles. The van der Waals surface area contributed by atoms with Crippen LogP contribution in [0.3, 0.4) is 0 Å². The predicted octanol–water partition coefficient (Wildman–Crippen LogP) is 3.74. The number of nitrogens with zero attached hydrogens (tertiary/aromatic N) is 2. The minimum atomic E-state index is -0.270. The van der Waals surface area contributed by atoms with Gasteiger partial charge in [-0.25, -0.2) is 4.39 Å². The van der Waals surface area contributed by atoms with E-state index in [9.17, 15) is 14.0 Å². The number of pyridine rings is 1. The van der Waals surface area contributed by atoms with Crippen molar-refractivity contribution >= 4 is 5.91 Å². The zero-order valence-electron chi connectivity index (χ0n) is 18.2. The van der Waals surface area contributed by atoms with Crippen LogP contribution in [0.15, 0.2) is 41.3 Å². The number of amides is 1. The smallest absolute Gasteiger partial charge is 0.263 e. The van der Waals surface area contributed by atoms with Crippen LogP contribution in [0.5, 0.6) is 0 Å². The summed E-state index contributed by atoms with van der Waals surface area (Å²) in [5.41, 5.74) is 1.85. The van der Waals surface area contributed by atoms with Crippen LogP contribution in [-0.4, -0.2) is 34.5 Å². The molecule has 0 bridgehead atoms. The van der Waals surface area contributed by atoms with Crippen LogP contribution in [-0.2, 0) is 13.1 Å². The largest absolute Gasteiger partial charge is 0.349 e. The number of nitrogens with one attached hydrogen (secondary N) is 1. The van der Waals surface area contributed by atoms with Crippen LogP contribution >= 0.6 is 0 Å². The van der Waals surface area contributed by atoms with E-state index < -0.39 is 0 Å². The Morgan fingerprint density at radius 1 is 1.17 bits per heavy atom. The Labute approximate surface area is 177 Å². The highest BCUT2D eigenvalue weighted by Crippen LogP contribution is 2.15. The maximum atomic E-state index is 13.1. The fraction of sp³-hybridized carbons (Fsp3) is 0.500. The van der Waals surface area contributed by atoms with Crippen molar-refractivity contribution in [2.24, 2.45) is 5.92 Å². The van der Waals surface area contributed by atoms with Crippen molar-refractivity contribution < 1.29 is 9.18 Å². The first-order chi connectivity index (χ1) is 14.3. The average Bonchev–Trinajstić information content (AvgIpc) is 2.70. The van der Waals surface area contributed by atoms with Crippen molar-refractivity contribution in [3.05, 3.63) is 69.4 Å². The maximum absolute atomic E-state index is 13.1. The molecule has 2 heterocycles. The fourth-order valence-electron chi connectivity index (χ4n) is 3.86. The molecule has 30 heavy (non-hydrogen) atoms. The molecule has 0 spiro atoms. The van der Waals surface area contributed by atoms with Gasteiger partial charge < -0.3 is 9.88 Å². The Hall–Kier alpha value is -2.47. The third kappa shape index (κ3) is 5.79. The van der Waals surface area contributed by atoms with Gasteiger partial charge in [0.15, 0.2) is 0 Å². The van der Waals surface area contributed by atoms with Crippen LogP contribution in [0.1, 0.15) is 54.6 Å². The third-order valence-corrected chi connectivity index (χ3v) is 5.79. The predicted molar refractivity (Wildman–Crippen MR) is 117 cm³/mol. The highest BCUT2D eigenvalue weighted by Gasteiger charge is 2.23. The Kier molecular flexibility index (Phi) is 7.43. The van der Waals surface area contributed by atoms with Crippen molar-refractivity contribution in [3.8, 4) is 0 Å². The molecule has 0 unspecified atom stereocenters. The minimum absolute atomic E-state index is 0.0603. The summed E-state index contributed by atoms with van der Waals surface area (Å²) in [4.78, 5) is 28.0. The van der Waals surface area contributed by atoms with Crippen molar-refractivity contribution in [3.63, 3.8) is 0 Å².